The number of hydrogen-bond donors (Lipinski definition) is 1. The zero-order valence-corrected chi connectivity index (χ0v) is 26.6. The average Bonchev–Trinajstić information content (AvgIpc) is 3.70. The quantitative estimate of drug-likeness (QED) is 0.247. The Hall–Kier alpha value is -3.73. The molecule has 0 saturated heterocycles. The molecule has 5 heterocycles. The molecule has 7 rings (SSSR count). The van der Waals surface area contributed by atoms with Gasteiger partial charge in [0.05, 0.1) is 35.3 Å². The van der Waals surface area contributed by atoms with Crippen molar-refractivity contribution in [3.05, 3.63) is 70.2 Å². The lowest BCUT2D eigenvalue weighted by Crippen LogP contribution is -2.34. The topological polar surface area (TPSA) is 77.3 Å². The van der Waals surface area contributed by atoms with Crippen LogP contribution in [0.5, 0.6) is 5.75 Å². The number of rotatable bonds is 7. The largest absolute Gasteiger partial charge is 0.490 e. The second-order valence-electron chi connectivity index (χ2n) is 12.6. The number of fused-ring (bicyclic) bond motifs is 3. The predicted molar refractivity (Wildman–Crippen MR) is 169 cm³/mol. The summed E-state index contributed by atoms with van der Waals surface area (Å²) in [6, 6.07) is 6.94. The molecule has 1 N–H and O–H groups in total. The third-order valence-electron chi connectivity index (χ3n) is 9.76. The van der Waals surface area contributed by atoms with Crippen molar-refractivity contribution >= 4 is 0 Å². The first-order valence-electron chi connectivity index (χ1n) is 15.9. The van der Waals surface area contributed by atoms with Crippen LogP contribution in [0.3, 0.4) is 0 Å². The Morgan fingerprint density at radius 2 is 1.80 bits per heavy atom. The van der Waals surface area contributed by atoms with Crippen LogP contribution in [0.15, 0.2) is 30.5 Å². The van der Waals surface area contributed by atoms with Gasteiger partial charge in [-0.15, -0.1) is 0 Å². The standard InChI is InChI=1S/C35H40F2N6O2/c1-19-17-38-20(2)30-16-29(41-43(19)30)35-32(33-27(37)14-23(36)15-31(33)45-12-11-44-5)24-7-6-8-25(24)34(40-35)22-13-26-21(3)42(4)10-9-28(26)39-18-22/h13-16,18-21,38H,6-12,17H2,1-5H3. The molecular weight excluding hydrogens is 574 g/mol. The van der Waals surface area contributed by atoms with E-state index in [2.05, 4.69) is 50.2 Å². The van der Waals surface area contributed by atoms with Crippen LogP contribution < -0.4 is 10.1 Å². The zero-order chi connectivity index (χ0) is 31.4. The molecule has 8 nitrogen and oxygen atoms in total. The molecule has 10 heteroatoms. The van der Waals surface area contributed by atoms with Crippen molar-refractivity contribution < 1.29 is 18.3 Å². The Bertz CT molecular complexity index is 1740. The van der Waals surface area contributed by atoms with Crippen LogP contribution in [-0.4, -0.2) is 65.1 Å². The minimum atomic E-state index is -0.697. The molecule has 0 fully saturated rings. The van der Waals surface area contributed by atoms with Gasteiger partial charge in [-0.05, 0) is 75.9 Å². The fourth-order valence-electron chi connectivity index (χ4n) is 7.16. The highest BCUT2D eigenvalue weighted by Gasteiger charge is 2.33. The first-order valence-corrected chi connectivity index (χ1v) is 15.9. The number of benzene rings is 1. The molecule has 0 radical (unpaired) electrons. The smallest absolute Gasteiger partial charge is 0.137 e. The maximum absolute atomic E-state index is 16.1. The number of pyridine rings is 2. The van der Waals surface area contributed by atoms with Crippen LogP contribution in [0.4, 0.5) is 8.78 Å². The van der Waals surface area contributed by atoms with Crippen LogP contribution in [0.25, 0.3) is 33.8 Å². The molecule has 236 valence electrons. The van der Waals surface area contributed by atoms with E-state index in [1.807, 2.05) is 10.9 Å². The molecule has 0 saturated carbocycles. The van der Waals surface area contributed by atoms with E-state index in [0.29, 0.717) is 17.0 Å². The maximum atomic E-state index is 16.1. The van der Waals surface area contributed by atoms with Gasteiger partial charge in [0.15, 0.2) is 0 Å². The van der Waals surface area contributed by atoms with Crippen LogP contribution in [-0.2, 0) is 24.0 Å². The van der Waals surface area contributed by atoms with Crippen LogP contribution in [0.2, 0.25) is 0 Å². The molecule has 4 aromatic rings. The van der Waals surface area contributed by atoms with E-state index >= 15 is 4.39 Å². The summed E-state index contributed by atoms with van der Waals surface area (Å²) in [7, 11) is 3.71. The monoisotopic (exact) mass is 614 g/mol. The number of ether oxygens (including phenoxy) is 2. The molecule has 3 aliphatic rings. The van der Waals surface area contributed by atoms with Crippen molar-refractivity contribution in [1.82, 2.24) is 30.0 Å². The lowest BCUT2D eigenvalue weighted by molar-refractivity contribution is 0.146. The predicted octanol–water partition coefficient (Wildman–Crippen LogP) is 6.24. The third kappa shape index (κ3) is 5.22. The van der Waals surface area contributed by atoms with E-state index in [-0.39, 0.29) is 42.7 Å². The minimum absolute atomic E-state index is 0.0959. The van der Waals surface area contributed by atoms with Crippen molar-refractivity contribution in [2.24, 2.45) is 0 Å². The molecule has 0 spiro atoms. The maximum Gasteiger partial charge on any atom is 0.137 e. The highest BCUT2D eigenvalue weighted by molar-refractivity contribution is 5.89. The summed E-state index contributed by atoms with van der Waals surface area (Å²) in [4.78, 5) is 12.6. The number of likely N-dealkylation sites (N-methyl/N-ethyl adjacent to an activating group) is 1. The van der Waals surface area contributed by atoms with Crippen molar-refractivity contribution in [2.45, 2.75) is 64.6 Å². The highest BCUT2D eigenvalue weighted by Crippen LogP contribution is 2.47. The van der Waals surface area contributed by atoms with Crippen molar-refractivity contribution in [1.29, 1.82) is 0 Å². The lowest BCUT2D eigenvalue weighted by Gasteiger charge is -2.31. The Morgan fingerprint density at radius 1 is 0.978 bits per heavy atom. The number of aromatic nitrogens is 4. The minimum Gasteiger partial charge on any atom is -0.490 e. The van der Waals surface area contributed by atoms with E-state index in [1.54, 1.807) is 7.11 Å². The molecule has 3 atom stereocenters. The second kappa shape index (κ2) is 11.9. The summed E-state index contributed by atoms with van der Waals surface area (Å²) in [5, 5.41) is 8.62. The van der Waals surface area contributed by atoms with Gasteiger partial charge in [0, 0.05) is 73.9 Å². The van der Waals surface area contributed by atoms with E-state index in [0.717, 1.165) is 78.6 Å². The van der Waals surface area contributed by atoms with Gasteiger partial charge in [0.1, 0.15) is 29.7 Å². The Kier molecular flexibility index (Phi) is 7.91. The molecule has 3 unspecified atom stereocenters. The first kappa shape index (κ1) is 30.0. The summed E-state index contributed by atoms with van der Waals surface area (Å²) in [5.74, 6) is -1.25. The molecule has 0 amide bonds. The molecule has 2 aliphatic heterocycles. The van der Waals surface area contributed by atoms with E-state index < -0.39 is 11.6 Å². The fourth-order valence-corrected chi connectivity index (χ4v) is 7.16. The normalized spacial score (nSPS) is 21.0. The lowest BCUT2D eigenvalue weighted by atomic mass is 9.90. The van der Waals surface area contributed by atoms with Gasteiger partial charge in [0.2, 0.25) is 0 Å². The van der Waals surface area contributed by atoms with Crippen molar-refractivity contribution in [3.8, 4) is 39.5 Å². The second-order valence-corrected chi connectivity index (χ2v) is 12.6. The fraction of sp³-hybridized carbons (Fsp3) is 0.457. The summed E-state index contributed by atoms with van der Waals surface area (Å²) in [6.45, 7) is 8.66. The van der Waals surface area contributed by atoms with E-state index in [4.69, 9.17) is 24.5 Å². The van der Waals surface area contributed by atoms with Gasteiger partial charge in [-0.1, -0.05) is 0 Å². The Morgan fingerprint density at radius 3 is 2.60 bits per heavy atom. The number of nitrogens with one attached hydrogen (secondary N) is 1. The van der Waals surface area contributed by atoms with Gasteiger partial charge in [-0.2, -0.15) is 5.10 Å². The van der Waals surface area contributed by atoms with E-state index in [9.17, 15) is 4.39 Å². The Balaban J connectivity index is 1.50. The third-order valence-corrected chi connectivity index (χ3v) is 9.76. The molecular formula is C35H40F2N6O2. The molecule has 0 bridgehead atoms. The summed E-state index contributed by atoms with van der Waals surface area (Å²) >= 11 is 0. The molecule has 3 aromatic heterocycles. The van der Waals surface area contributed by atoms with Crippen LogP contribution in [0, 0.1) is 11.6 Å². The van der Waals surface area contributed by atoms with E-state index in [1.165, 1.54) is 11.6 Å². The van der Waals surface area contributed by atoms with Gasteiger partial charge >= 0.3 is 0 Å². The summed E-state index contributed by atoms with van der Waals surface area (Å²) in [6.07, 6.45) is 5.29. The summed E-state index contributed by atoms with van der Waals surface area (Å²) in [5.41, 5.74) is 9.32. The summed E-state index contributed by atoms with van der Waals surface area (Å²) < 4.78 is 43.9. The molecule has 45 heavy (non-hydrogen) atoms. The van der Waals surface area contributed by atoms with Gasteiger partial charge in [-0.3, -0.25) is 14.6 Å². The number of nitrogens with zero attached hydrogens (tertiary/aromatic N) is 5. The van der Waals surface area contributed by atoms with Gasteiger partial charge in [0.25, 0.3) is 0 Å². The van der Waals surface area contributed by atoms with Gasteiger partial charge < -0.3 is 14.8 Å². The van der Waals surface area contributed by atoms with Gasteiger partial charge in [-0.25, -0.2) is 13.8 Å². The van der Waals surface area contributed by atoms with Crippen LogP contribution >= 0.6 is 0 Å². The number of methoxy groups -OCH3 is 1. The van der Waals surface area contributed by atoms with Crippen molar-refractivity contribution in [3.63, 3.8) is 0 Å². The highest BCUT2D eigenvalue weighted by atomic mass is 19.1. The van der Waals surface area contributed by atoms with Crippen molar-refractivity contribution in [2.75, 3.05) is 40.5 Å². The number of hydrogen-bond acceptors (Lipinski definition) is 7. The SMILES string of the molecule is COCCOc1cc(F)cc(F)c1-c1c(-c2cc3n(n2)C(C)CNC3C)nc(-c2cnc3c(c2)C(C)N(C)CC3)c2c1CCC2. The Labute approximate surface area is 262 Å². The first-order chi connectivity index (χ1) is 21.7. The number of halogens is 2. The molecule has 1 aromatic carbocycles. The zero-order valence-electron chi connectivity index (χ0n) is 26.6. The average molecular weight is 615 g/mol. The molecule has 1 aliphatic carbocycles. The van der Waals surface area contributed by atoms with Crippen LogP contribution in [0.1, 0.15) is 73.4 Å².